The fraction of sp³-hybridized carbons (Fsp3) is 0.360. The van der Waals surface area contributed by atoms with Crippen LogP contribution in [0.3, 0.4) is 0 Å². The summed E-state index contributed by atoms with van der Waals surface area (Å²) in [6.07, 6.45) is 2.25. The van der Waals surface area contributed by atoms with Gasteiger partial charge in [0.05, 0.1) is 24.7 Å². The first-order chi connectivity index (χ1) is 16.2. The lowest BCUT2D eigenvalue weighted by Crippen LogP contribution is -2.34. The molecular formula is C25H28N6O2. The Morgan fingerprint density at radius 3 is 2.85 bits per heavy atom. The van der Waals surface area contributed by atoms with Crippen LogP contribution in [0.4, 0.5) is 0 Å². The number of H-pyrrole nitrogens is 1. The average molecular weight is 445 g/mol. The third-order valence-electron chi connectivity index (χ3n) is 6.19. The van der Waals surface area contributed by atoms with Gasteiger partial charge in [-0.15, -0.1) is 5.10 Å². The first kappa shape index (κ1) is 21.5. The molecule has 33 heavy (non-hydrogen) atoms. The molecule has 0 aliphatic carbocycles. The lowest BCUT2D eigenvalue weighted by atomic mass is 10.1. The number of fused-ring (bicyclic) bond motifs is 1. The number of hydrogen-bond acceptors (Lipinski definition) is 6. The van der Waals surface area contributed by atoms with E-state index >= 15 is 0 Å². The number of aryl methyl sites for hydroxylation is 1. The molecule has 1 aliphatic rings. The quantitative estimate of drug-likeness (QED) is 0.449. The number of aromatic amines is 1. The van der Waals surface area contributed by atoms with Crippen molar-refractivity contribution in [3.63, 3.8) is 0 Å². The Balaban J connectivity index is 1.40. The minimum Gasteiger partial charge on any atom is -0.377 e. The molecular weight excluding hydrogens is 416 g/mol. The minimum absolute atomic E-state index is 0.0574. The molecule has 1 saturated heterocycles. The molecule has 3 heterocycles. The van der Waals surface area contributed by atoms with Crippen LogP contribution in [0.2, 0.25) is 0 Å². The van der Waals surface area contributed by atoms with Crippen LogP contribution in [0.15, 0.2) is 59.4 Å². The van der Waals surface area contributed by atoms with Crippen LogP contribution in [-0.2, 0) is 24.4 Å². The molecule has 0 radical (unpaired) electrons. The summed E-state index contributed by atoms with van der Waals surface area (Å²) in [6, 6.07) is 18.2. The van der Waals surface area contributed by atoms with Crippen molar-refractivity contribution in [1.29, 1.82) is 0 Å². The molecule has 1 N–H and O–H groups in total. The van der Waals surface area contributed by atoms with Crippen LogP contribution in [-0.4, -0.2) is 49.3 Å². The number of benzene rings is 2. The monoisotopic (exact) mass is 444 g/mol. The second-order valence-electron chi connectivity index (χ2n) is 8.71. The molecule has 0 saturated carbocycles. The van der Waals surface area contributed by atoms with E-state index in [4.69, 9.17) is 4.74 Å². The summed E-state index contributed by atoms with van der Waals surface area (Å²) in [7, 11) is 0. The lowest BCUT2D eigenvalue weighted by Gasteiger charge is -2.24. The van der Waals surface area contributed by atoms with Crippen molar-refractivity contribution >= 4 is 10.9 Å². The maximum Gasteiger partial charge on any atom is 0.252 e. The van der Waals surface area contributed by atoms with Gasteiger partial charge in [-0.3, -0.25) is 9.69 Å². The second kappa shape index (κ2) is 9.64. The number of tetrazole rings is 1. The van der Waals surface area contributed by atoms with Crippen molar-refractivity contribution in [3.05, 3.63) is 87.5 Å². The van der Waals surface area contributed by atoms with Crippen molar-refractivity contribution in [2.75, 3.05) is 13.2 Å². The normalized spacial score (nSPS) is 16.1. The third-order valence-corrected chi connectivity index (χ3v) is 6.19. The van der Waals surface area contributed by atoms with Gasteiger partial charge in [-0.2, -0.15) is 0 Å². The van der Waals surface area contributed by atoms with E-state index in [-0.39, 0.29) is 11.7 Å². The highest BCUT2D eigenvalue weighted by atomic mass is 16.5. The molecule has 0 bridgehead atoms. The Labute approximate surface area is 192 Å². The number of nitrogens with zero attached hydrogens (tertiary/aromatic N) is 5. The van der Waals surface area contributed by atoms with Gasteiger partial charge >= 0.3 is 0 Å². The van der Waals surface area contributed by atoms with E-state index in [1.807, 2.05) is 54.1 Å². The Bertz CT molecular complexity index is 1280. The molecule has 1 atom stereocenters. The molecule has 0 spiro atoms. The maximum atomic E-state index is 12.9. The average Bonchev–Trinajstić information content (AvgIpc) is 3.48. The predicted molar refractivity (Wildman–Crippen MR) is 126 cm³/mol. The number of aromatic nitrogens is 5. The summed E-state index contributed by atoms with van der Waals surface area (Å²) in [5.41, 5.74) is 3.76. The summed E-state index contributed by atoms with van der Waals surface area (Å²) in [5.74, 6) is 0.768. The molecule has 0 amide bonds. The van der Waals surface area contributed by atoms with Crippen molar-refractivity contribution in [2.24, 2.45) is 0 Å². The van der Waals surface area contributed by atoms with Crippen LogP contribution in [0.1, 0.15) is 35.4 Å². The van der Waals surface area contributed by atoms with Crippen molar-refractivity contribution in [1.82, 2.24) is 30.1 Å². The van der Waals surface area contributed by atoms with Crippen LogP contribution >= 0.6 is 0 Å². The minimum atomic E-state index is -0.0574. The number of hydrogen-bond donors (Lipinski definition) is 1. The zero-order valence-electron chi connectivity index (χ0n) is 18.8. The fourth-order valence-electron chi connectivity index (χ4n) is 4.46. The van der Waals surface area contributed by atoms with Gasteiger partial charge < -0.3 is 9.72 Å². The second-order valence-corrected chi connectivity index (χ2v) is 8.71. The van der Waals surface area contributed by atoms with Crippen LogP contribution in [0.25, 0.3) is 10.9 Å². The Morgan fingerprint density at radius 2 is 2.03 bits per heavy atom. The molecule has 4 aromatic rings. The van der Waals surface area contributed by atoms with Gasteiger partial charge in [-0.25, -0.2) is 4.68 Å². The molecule has 1 fully saturated rings. The van der Waals surface area contributed by atoms with E-state index in [1.54, 1.807) is 0 Å². The first-order valence-electron chi connectivity index (χ1n) is 11.4. The first-order valence-corrected chi connectivity index (χ1v) is 11.4. The Kier molecular flexibility index (Phi) is 6.28. The number of ether oxygens (including phenoxy) is 1. The van der Waals surface area contributed by atoms with Gasteiger partial charge in [0.2, 0.25) is 0 Å². The van der Waals surface area contributed by atoms with Crippen LogP contribution in [0.5, 0.6) is 0 Å². The fourth-order valence-corrected chi connectivity index (χ4v) is 4.46. The molecule has 2 aromatic carbocycles. The highest BCUT2D eigenvalue weighted by Crippen LogP contribution is 2.19. The number of rotatable bonds is 8. The van der Waals surface area contributed by atoms with E-state index in [9.17, 15) is 4.79 Å². The third kappa shape index (κ3) is 5.02. The Hall–Kier alpha value is -3.36. The highest BCUT2D eigenvalue weighted by Gasteiger charge is 2.22. The van der Waals surface area contributed by atoms with E-state index < -0.39 is 0 Å². The van der Waals surface area contributed by atoms with Gasteiger partial charge in [-0.05, 0) is 52.8 Å². The van der Waals surface area contributed by atoms with E-state index in [0.29, 0.717) is 19.6 Å². The highest BCUT2D eigenvalue weighted by molar-refractivity contribution is 5.81. The van der Waals surface area contributed by atoms with E-state index in [0.717, 1.165) is 59.4 Å². The van der Waals surface area contributed by atoms with Gasteiger partial charge in [0.25, 0.3) is 5.56 Å². The molecule has 8 nitrogen and oxygen atoms in total. The van der Waals surface area contributed by atoms with E-state index in [2.05, 4.69) is 37.5 Å². The van der Waals surface area contributed by atoms with Gasteiger partial charge in [0.15, 0.2) is 5.82 Å². The standard InChI is InChI=1S/C25H28N6O2/c1-18-7-5-10-20-13-21(25(32)26-24(18)20)15-30(16-22-11-6-12-33-22)17-23-27-28-29-31(23)14-19-8-3-2-4-9-19/h2-5,7-10,13,22H,6,11-12,14-17H2,1H3,(H,26,32). The largest absolute Gasteiger partial charge is 0.377 e. The number of pyridine rings is 1. The van der Waals surface area contributed by atoms with E-state index in [1.165, 1.54) is 0 Å². The molecule has 1 unspecified atom stereocenters. The zero-order chi connectivity index (χ0) is 22.6. The van der Waals surface area contributed by atoms with Crippen molar-refractivity contribution in [3.8, 4) is 0 Å². The molecule has 5 rings (SSSR count). The van der Waals surface area contributed by atoms with Crippen molar-refractivity contribution < 1.29 is 4.74 Å². The zero-order valence-corrected chi connectivity index (χ0v) is 18.8. The lowest BCUT2D eigenvalue weighted by molar-refractivity contribution is 0.0663. The molecule has 170 valence electrons. The summed E-state index contributed by atoms with van der Waals surface area (Å²) < 4.78 is 7.72. The SMILES string of the molecule is Cc1cccc2cc(CN(Cc3nnnn3Cc3ccccc3)CC3CCCO3)c(=O)[nH]c12. The molecule has 8 heteroatoms. The summed E-state index contributed by atoms with van der Waals surface area (Å²) in [4.78, 5) is 18.2. The Morgan fingerprint density at radius 1 is 1.15 bits per heavy atom. The number of para-hydroxylation sites is 1. The smallest absolute Gasteiger partial charge is 0.252 e. The van der Waals surface area contributed by atoms with Crippen molar-refractivity contribution in [2.45, 2.75) is 45.5 Å². The predicted octanol–water partition coefficient (Wildman–Crippen LogP) is 3.05. The van der Waals surface area contributed by atoms with Gasteiger partial charge in [-0.1, -0.05) is 48.5 Å². The van der Waals surface area contributed by atoms with Crippen LogP contribution in [0, 0.1) is 6.92 Å². The molecule has 1 aliphatic heterocycles. The maximum absolute atomic E-state index is 12.9. The van der Waals surface area contributed by atoms with Gasteiger partial charge in [0, 0.05) is 25.3 Å². The van der Waals surface area contributed by atoms with Crippen LogP contribution < -0.4 is 5.56 Å². The molecule has 2 aromatic heterocycles. The topological polar surface area (TPSA) is 88.9 Å². The summed E-state index contributed by atoms with van der Waals surface area (Å²) in [6.45, 7) is 5.16. The summed E-state index contributed by atoms with van der Waals surface area (Å²) in [5, 5.41) is 13.4. The number of nitrogens with one attached hydrogen (secondary N) is 1. The summed E-state index contributed by atoms with van der Waals surface area (Å²) >= 11 is 0. The van der Waals surface area contributed by atoms with Gasteiger partial charge in [0.1, 0.15) is 0 Å².